The molecule has 0 amide bonds. The highest BCUT2D eigenvalue weighted by Crippen LogP contribution is 2.36. The summed E-state index contributed by atoms with van der Waals surface area (Å²) in [4.78, 5) is 11.0. The van der Waals surface area contributed by atoms with E-state index in [0.717, 1.165) is 24.3 Å². The van der Waals surface area contributed by atoms with Crippen molar-refractivity contribution >= 4 is 5.97 Å². The molecule has 4 nitrogen and oxygen atoms in total. The number of esters is 1. The number of carbonyl (C=O) groups is 1. The Kier molecular flexibility index (Phi) is 4.82. The molecule has 0 fully saturated rings. The molecular formula is C15H8F6O4. The van der Waals surface area contributed by atoms with E-state index in [-0.39, 0.29) is 11.5 Å². The molecule has 1 N–H and O–H groups in total. The van der Waals surface area contributed by atoms with Crippen LogP contribution >= 0.6 is 0 Å². The number of hydrogen-bond acceptors (Lipinski definition) is 4. The lowest BCUT2D eigenvalue weighted by Gasteiger charge is -2.12. The Labute approximate surface area is 136 Å². The van der Waals surface area contributed by atoms with Gasteiger partial charge in [-0.2, -0.15) is 26.3 Å². The highest BCUT2D eigenvalue weighted by atomic mass is 19.3. The molecule has 0 atom stereocenters. The Morgan fingerprint density at radius 1 is 0.920 bits per heavy atom. The van der Waals surface area contributed by atoms with Gasteiger partial charge in [0.25, 0.3) is 0 Å². The predicted molar refractivity (Wildman–Crippen MR) is 70.7 cm³/mol. The highest BCUT2D eigenvalue weighted by Gasteiger charge is 2.34. The fourth-order valence-electron chi connectivity index (χ4n) is 1.58. The molecule has 0 saturated heterocycles. The first-order valence-corrected chi connectivity index (χ1v) is 6.45. The fourth-order valence-corrected chi connectivity index (χ4v) is 1.58. The third kappa shape index (κ3) is 3.78. The fraction of sp³-hybridized carbons (Fsp3) is 0.133. The standard InChI is InChI=1S/C15H8F6O4/c1-15(20,21)14(23)25-7-4-2-6(3-5-7)24-13-10(18)8(16)12(22)9(17)11(13)19/h2-5,22H,1H3. The molecule has 0 unspecified atom stereocenters. The quantitative estimate of drug-likeness (QED) is 0.379. The molecule has 0 aliphatic rings. The van der Waals surface area contributed by atoms with Crippen LogP contribution in [0.3, 0.4) is 0 Å². The van der Waals surface area contributed by atoms with Gasteiger partial charge in [-0.15, -0.1) is 0 Å². The maximum absolute atomic E-state index is 13.6. The zero-order valence-electron chi connectivity index (χ0n) is 12.2. The minimum atomic E-state index is -3.73. The normalized spacial score (nSPS) is 11.3. The molecule has 2 rings (SSSR count). The zero-order valence-corrected chi connectivity index (χ0v) is 12.2. The summed E-state index contributed by atoms with van der Waals surface area (Å²) in [5.74, 6) is -17.6. The minimum absolute atomic E-state index is 0.326. The van der Waals surface area contributed by atoms with E-state index in [1.807, 2.05) is 0 Å². The number of alkyl halides is 2. The van der Waals surface area contributed by atoms with Crippen LogP contribution in [-0.2, 0) is 4.79 Å². The molecule has 2 aromatic rings. The molecule has 0 radical (unpaired) electrons. The van der Waals surface area contributed by atoms with Crippen LogP contribution in [0.5, 0.6) is 23.0 Å². The third-order valence-electron chi connectivity index (χ3n) is 2.81. The van der Waals surface area contributed by atoms with Crippen LogP contribution in [0.1, 0.15) is 6.92 Å². The van der Waals surface area contributed by atoms with Crippen molar-refractivity contribution in [2.24, 2.45) is 0 Å². The average molecular weight is 366 g/mol. The van der Waals surface area contributed by atoms with Crippen LogP contribution in [0.15, 0.2) is 24.3 Å². The van der Waals surface area contributed by atoms with Crippen LogP contribution in [0, 0.1) is 23.3 Å². The molecule has 0 bridgehead atoms. The van der Waals surface area contributed by atoms with Gasteiger partial charge in [0, 0.05) is 6.92 Å². The highest BCUT2D eigenvalue weighted by molar-refractivity contribution is 5.79. The second kappa shape index (κ2) is 6.54. The Bertz CT molecular complexity index is 785. The summed E-state index contributed by atoms with van der Waals surface area (Å²) >= 11 is 0. The molecular weight excluding hydrogens is 358 g/mol. The van der Waals surface area contributed by atoms with E-state index in [4.69, 9.17) is 5.11 Å². The van der Waals surface area contributed by atoms with E-state index in [1.165, 1.54) is 0 Å². The van der Waals surface area contributed by atoms with Crippen LogP contribution in [0.25, 0.3) is 0 Å². The van der Waals surface area contributed by atoms with Gasteiger partial charge in [0.2, 0.25) is 29.0 Å². The maximum atomic E-state index is 13.6. The number of phenols is 1. The van der Waals surface area contributed by atoms with E-state index in [1.54, 1.807) is 0 Å². The van der Waals surface area contributed by atoms with Crippen molar-refractivity contribution in [3.63, 3.8) is 0 Å². The number of hydrogen-bond donors (Lipinski definition) is 1. The predicted octanol–water partition coefficient (Wildman–Crippen LogP) is 4.30. The summed E-state index contributed by atoms with van der Waals surface area (Å²) < 4.78 is 87.9. The van der Waals surface area contributed by atoms with Crippen LogP contribution in [0.2, 0.25) is 0 Å². The molecule has 10 heteroatoms. The van der Waals surface area contributed by atoms with E-state index in [0.29, 0.717) is 6.92 Å². The zero-order chi connectivity index (χ0) is 18.9. The Hall–Kier alpha value is -2.91. The number of aromatic hydroxyl groups is 1. The summed E-state index contributed by atoms with van der Waals surface area (Å²) in [7, 11) is 0. The van der Waals surface area contributed by atoms with Crippen molar-refractivity contribution in [1.82, 2.24) is 0 Å². The first-order chi connectivity index (χ1) is 11.5. The summed E-state index contributed by atoms with van der Waals surface area (Å²) in [5, 5.41) is 8.85. The SMILES string of the molecule is CC(F)(F)C(=O)Oc1ccc(Oc2c(F)c(F)c(O)c(F)c2F)cc1. The lowest BCUT2D eigenvalue weighted by molar-refractivity contribution is -0.158. The molecule has 134 valence electrons. The van der Waals surface area contributed by atoms with Gasteiger partial charge >= 0.3 is 11.9 Å². The molecule has 0 spiro atoms. The monoisotopic (exact) mass is 366 g/mol. The molecule has 0 saturated carbocycles. The van der Waals surface area contributed by atoms with Crippen molar-refractivity contribution in [3.05, 3.63) is 47.5 Å². The molecule has 2 aromatic carbocycles. The van der Waals surface area contributed by atoms with Crippen LogP contribution in [-0.4, -0.2) is 17.0 Å². The maximum Gasteiger partial charge on any atom is 0.382 e. The van der Waals surface area contributed by atoms with Crippen molar-refractivity contribution < 1.29 is 45.7 Å². The van der Waals surface area contributed by atoms with Gasteiger partial charge in [0.05, 0.1) is 0 Å². The number of ether oxygens (including phenoxy) is 2. The van der Waals surface area contributed by atoms with E-state index >= 15 is 0 Å². The topological polar surface area (TPSA) is 55.8 Å². The first-order valence-electron chi connectivity index (χ1n) is 6.45. The number of halogens is 6. The summed E-state index contributed by atoms with van der Waals surface area (Å²) in [6.45, 7) is 0.326. The second-order valence-corrected chi connectivity index (χ2v) is 4.79. The van der Waals surface area contributed by atoms with Gasteiger partial charge in [-0.25, -0.2) is 4.79 Å². The Morgan fingerprint density at radius 3 is 1.80 bits per heavy atom. The first kappa shape index (κ1) is 18.4. The minimum Gasteiger partial charge on any atom is -0.503 e. The van der Waals surface area contributed by atoms with Crippen molar-refractivity contribution in [3.8, 4) is 23.0 Å². The second-order valence-electron chi connectivity index (χ2n) is 4.79. The number of rotatable bonds is 4. The molecule has 0 aliphatic heterocycles. The van der Waals surface area contributed by atoms with Gasteiger partial charge in [0.1, 0.15) is 11.5 Å². The van der Waals surface area contributed by atoms with Gasteiger partial charge < -0.3 is 14.6 Å². The third-order valence-corrected chi connectivity index (χ3v) is 2.81. The van der Waals surface area contributed by atoms with Crippen LogP contribution < -0.4 is 9.47 Å². The average Bonchev–Trinajstić information content (AvgIpc) is 2.55. The molecule has 0 aromatic heterocycles. The van der Waals surface area contributed by atoms with Gasteiger partial charge in [-0.1, -0.05) is 0 Å². The summed E-state index contributed by atoms with van der Waals surface area (Å²) in [6, 6.07) is 3.78. The largest absolute Gasteiger partial charge is 0.503 e. The smallest absolute Gasteiger partial charge is 0.382 e. The van der Waals surface area contributed by atoms with Crippen LogP contribution in [0.4, 0.5) is 26.3 Å². The molecule has 25 heavy (non-hydrogen) atoms. The lowest BCUT2D eigenvalue weighted by atomic mass is 10.2. The van der Waals surface area contributed by atoms with E-state index in [2.05, 4.69) is 9.47 Å². The number of phenolic OH excluding ortho intramolecular Hbond substituents is 1. The Balaban J connectivity index is 2.24. The number of carbonyl (C=O) groups excluding carboxylic acids is 1. The van der Waals surface area contributed by atoms with E-state index in [9.17, 15) is 31.1 Å². The Morgan fingerprint density at radius 2 is 1.36 bits per heavy atom. The van der Waals surface area contributed by atoms with Gasteiger partial charge in [-0.05, 0) is 24.3 Å². The van der Waals surface area contributed by atoms with Crippen molar-refractivity contribution in [1.29, 1.82) is 0 Å². The van der Waals surface area contributed by atoms with Gasteiger partial charge in [-0.3, -0.25) is 0 Å². The molecule has 0 aliphatic carbocycles. The summed E-state index contributed by atoms with van der Waals surface area (Å²) in [5.41, 5.74) is 0. The lowest BCUT2D eigenvalue weighted by Crippen LogP contribution is -2.29. The van der Waals surface area contributed by atoms with Crippen molar-refractivity contribution in [2.45, 2.75) is 12.8 Å². The summed E-state index contributed by atoms with van der Waals surface area (Å²) in [6.07, 6.45) is 0. The van der Waals surface area contributed by atoms with Gasteiger partial charge in [0.15, 0.2) is 5.75 Å². The number of benzene rings is 2. The van der Waals surface area contributed by atoms with E-state index < -0.39 is 46.7 Å². The molecule has 0 heterocycles. The van der Waals surface area contributed by atoms with Crippen molar-refractivity contribution in [2.75, 3.05) is 0 Å².